The minimum absolute atomic E-state index is 0.749. The molecule has 0 fully saturated rings. The van der Waals surface area contributed by atoms with Crippen molar-refractivity contribution in [1.29, 1.82) is 0 Å². The number of aliphatic carboxylic acids is 1. The molecular weight excluding hydrogens is 217 g/mol. The van der Waals surface area contributed by atoms with Crippen LogP contribution in [-0.2, 0) is 9.59 Å². The Balaban J connectivity index is 4.21. The van der Waals surface area contributed by atoms with Gasteiger partial charge in [0.05, 0.1) is 6.54 Å². The molecule has 0 heterocycles. The zero-order valence-corrected chi connectivity index (χ0v) is 6.36. The molecule has 9 heteroatoms. The molecule has 0 bridgehead atoms. The molecule has 14 heavy (non-hydrogen) atoms. The lowest BCUT2D eigenvalue weighted by Crippen LogP contribution is -2.46. The van der Waals surface area contributed by atoms with Gasteiger partial charge < -0.3 is 10.4 Å². The Morgan fingerprint density at radius 1 is 1.14 bits per heavy atom. The maximum absolute atomic E-state index is 12.1. The number of alkyl halides is 5. The minimum Gasteiger partial charge on any atom is -0.477 e. The summed E-state index contributed by atoms with van der Waals surface area (Å²) in [6, 6.07) is 0. The van der Waals surface area contributed by atoms with Crippen LogP contribution in [0.2, 0.25) is 0 Å². The van der Waals surface area contributed by atoms with E-state index in [2.05, 4.69) is 0 Å². The summed E-state index contributed by atoms with van der Waals surface area (Å²) in [7, 11) is 0. The van der Waals surface area contributed by atoms with Crippen molar-refractivity contribution in [2.75, 3.05) is 6.54 Å². The van der Waals surface area contributed by atoms with Crippen LogP contribution in [0, 0.1) is 0 Å². The minimum atomic E-state index is -5.31. The van der Waals surface area contributed by atoms with E-state index in [1.807, 2.05) is 0 Å². The topological polar surface area (TPSA) is 66.4 Å². The molecule has 0 aromatic heterocycles. The summed E-state index contributed by atoms with van der Waals surface area (Å²) in [5.41, 5.74) is 0. The van der Waals surface area contributed by atoms with E-state index in [1.165, 1.54) is 0 Å². The standard InChI is InChI=1S/C5H4F5NO3/c6-4(7,3(13)14)1-11-2(12)5(8,9)10/h1H2,(H,11,12)(H,13,14). The lowest BCUT2D eigenvalue weighted by Gasteiger charge is -2.12. The highest BCUT2D eigenvalue weighted by Gasteiger charge is 2.44. The quantitative estimate of drug-likeness (QED) is 0.677. The van der Waals surface area contributed by atoms with Gasteiger partial charge in [0.25, 0.3) is 0 Å². The van der Waals surface area contributed by atoms with Gasteiger partial charge in [0, 0.05) is 0 Å². The summed E-state index contributed by atoms with van der Waals surface area (Å²) >= 11 is 0. The van der Waals surface area contributed by atoms with Gasteiger partial charge >= 0.3 is 24.0 Å². The van der Waals surface area contributed by atoms with Gasteiger partial charge in [-0.1, -0.05) is 0 Å². The summed E-state index contributed by atoms with van der Waals surface area (Å²) in [6.45, 7) is -1.90. The van der Waals surface area contributed by atoms with Crippen LogP contribution in [0.25, 0.3) is 0 Å². The Morgan fingerprint density at radius 3 is 1.86 bits per heavy atom. The van der Waals surface area contributed by atoms with Crippen LogP contribution in [0.4, 0.5) is 22.0 Å². The Morgan fingerprint density at radius 2 is 1.57 bits per heavy atom. The normalized spacial score (nSPS) is 12.4. The molecule has 0 aliphatic carbocycles. The van der Waals surface area contributed by atoms with Gasteiger partial charge in [-0.25, -0.2) is 4.79 Å². The van der Waals surface area contributed by atoms with Gasteiger partial charge in [-0.3, -0.25) is 4.79 Å². The van der Waals surface area contributed by atoms with Crippen molar-refractivity contribution >= 4 is 11.9 Å². The van der Waals surface area contributed by atoms with Crippen LogP contribution >= 0.6 is 0 Å². The lowest BCUT2D eigenvalue weighted by molar-refractivity contribution is -0.177. The molecule has 0 aliphatic heterocycles. The van der Waals surface area contributed by atoms with Crippen LogP contribution in [0.5, 0.6) is 0 Å². The molecule has 0 unspecified atom stereocenters. The zero-order valence-electron chi connectivity index (χ0n) is 6.36. The fourth-order valence-corrected chi connectivity index (χ4v) is 0.367. The third-order valence-electron chi connectivity index (χ3n) is 1.04. The van der Waals surface area contributed by atoms with Gasteiger partial charge in [0.1, 0.15) is 0 Å². The number of amides is 1. The summed E-state index contributed by atoms with van der Waals surface area (Å²) < 4.78 is 58.5. The first-order valence-corrected chi connectivity index (χ1v) is 3.03. The number of halogens is 5. The molecule has 0 aromatic carbocycles. The van der Waals surface area contributed by atoms with Crippen molar-refractivity contribution in [2.24, 2.45) is 0 Å². The molecule has 0 saturated heterocycles. The number of hydrogen-bond donors (Lipinski definition) is 2. The first-order chi connectivity index (χ1) is 6.07. The third-order valence-corrected chi connectivity index (χ3v) is 1.04. The first kappa shape index (κ1) is 12.6. The highest BCUT2D eigenvalue weighted by atomic mass is 19.4. The second-order valence-electron chi connectivity index (χ2n) is 2.19. The van der Waals surface area contributed by atoms with E-state index in [9.17, 15) is 31.5 Å². The van der Waals surface area contributed by atoms with Crippen molar-refractivity contribution in [3.05, 3.63) is 0 Å². The third kappa shape index (κ3) is 3.54. The fourth-order valence-electron chi connectivity index (χ4n) is 0.367. The molecule has 82 valence electrons. The molecule has 0 saturated carbocycles. The van der Waals surface area contributed by atoms with E-state index >= 15 is 0 Å². The Bertz CT molecular complexity index is 248. The van der Waals surface area contributed by atoms with Crippen molar-refractivity contribution < 1.29 is 36.6 Å². The number of rotatable bonds is 3. The van der Waals surface area contributed by atoms with Crippen LogP contribution in [0.15, 0.2) is 0 Å². The van der Waals surface area contributed by atoms with Crippen LogP contribution in [0.1, 0.15) is 0 Å². The van der Waals surface area contributed by atoms with Crippen LogP contribution in [-0.4, -0.2) is 35.6 Å². The molecule has 0 aliphatic rings. The Hall–Kier alpha value is -1.41. The van der Waals surface area contributed by atoms with E-state index < -0.39 is 30.5 Å². The van der Waals surface area contributed by atoms with Crippen LogP contribution < -0.4 is 5.32 Å². The number of carboxylic acids is 1. The summed E-state index contributed by atoms with van der Waals surface area (Å²) in [5, 5.41) is 8.52. The highest BCUT2D eigenvalue weighted by Crippen LogP contribution is 2.16. The predicted octanol–water partition coefficient (Wildman–Crippen LogP) is 0.385. The van der Waals surface area contributed by atoms with E-state index in [4.69, 9.17) is 5.11 Å². The SMILES string of the molecule is O=C(NCC(F)(F)C(=O)O)C(F)(F)F. The maximum atomic E-state index is 12.1. The van der Waals surface area contributed by atoms with E-state index in [0.717, 1.165) is 5.32 Å². The lowest BCUT2D eigenvalue weighted by atomic mass is 10.3. The number of carboxylic acid groups (broad SMARTS) is 1. The summed E-state index contributed by atoms with van der Waals surface area (Å²) in [5.74, 6) is -9.64. The van der Waals surface area contributed by atoms with Crippen molar-refractivity contribution in [3.8, 4) is 0 Å². The highest BCUT2D eigenvalue weighted by molar-refractivity contribution is 5.83. The summed E-state index contributed by atoms with van der Waals surface area (Å²) in [6.07, 6.45) is -5.31. The van der Waals surface area contributed by atoms with Gasteiger partial charge in [-0.15, -0.1) is 0 Å². The zero-order chi connectivity index (χ0) is 11.6. The smallest absolute Gasteiger partial charge is 0.471 e. The van der Waals surface area contributed by atoms with Gasteiger partial charge in [0.15, 0.2) is 0 Å². The van der Waals surface area contributed by atoms with Gasteiger partial charge in [-0.05, 0) is 0 Å². The Kier molecular flexibility index (Phi) is 3.38. The fraction of sp³-hybridized carbons (Fsp3) is 0.600. The monoisotopic (exact) mass is 221 g/mol. The maximum Gasteiger partial charge on any atom is 0.471 e. The van der Waals surface area contributed by atoms with Crippen molar-refractivity contribution in [3.63, 3.8) is 0 Å². The predicted molar refractivity (Wildman–Crippen MR) is 31.6 cm³/mol. The number of carbonyl (C=O) groups is 2. The molecular formula is C5H4F5NO3. The summed E-state index contributed by atoms with van der Waals surface area (Å²) in [4.78, 5) is 19.7. The largest absolute Gasteiger partial charge is 0.477 e. The molecule has 0 rings (SSSR count). The molecule has 0 aromatic rings. The second-order valence-corrected chi connectivity index (χ2v) is 2.19. The van der Waals surface area contributed by atoms with E-state index in [-0.39, 0.29) is 0 Å². The van der Waals surface area contributed by atoms with Gasteiger partial charge in [-0.2, -0.15) is 22.0 Å². The molecule has 2 N–H and O–H groups in total. The molecule has 0 spiro atoms. The van der Waals surface area contributed by atoms with E-state index in [0.29, 0.717) is 0 Å². The number of hydrogen-bond acceptors (Lipinski definition) is 2. The average molecular weight is 221 g/mol. The molecule has 0 atom stereocenters. The average Bonchev–Trinajstić information content (AvgIpc) is 1.98. The number of carbonyl (C=O) groups excluding carboxylic acids is 1. The van der Waals surface area contributed by atoms with Gasteiger partial charge in [0.2, 0.25) is 0 Å². The Labute approximate surface area is 73.7 Å². The first-order valence-electron chi connectivity index (χ1n) is 3.03. The van der Waals surface area contributed by atoms with E-state index in [1.54, 1.807) is 0 Å². The molecule has 1 amide bonds. The second kappa shape index (κ2) is 3.76. The molecule has 4 nitrogen and oxygen atoms in total. The van der Waals surface area contributed by atoms with Crippen molar-refractivity contribution in [1.82, 2.24) is 5.32 Å². The number of nitrogens with one attached hydrogen (secondary N) is 1. The molecule has 0 radical (unpaired) electrons. The van der Waals surface area contributed by atoms with Crippen molar-refractivity contribution in [2.45, 2.75) is 12.1 Å². The van der Waals surface area contributed by atoms with Crippen LogP contribution in [0.3, 0.4) is 0 Å².